The van der Waals surface area contributed by atoms with Crippen molar-refractivity contribution in [3.05, 3.63) is 30.5 Å². The molecule has 0 saturated carbocycles. The molecule has 1 aromatic carbocycles. The number of hydrogen-bond acceptors (Lipinski definition) is 7. The number of rotatable bonds is 4. The van der Waals surface area contributed by atoms with Crippen molar-refractivity contribution in [2.45, 2.75) is 24.8 Å². The van der Waals surface area contributed by atoms with E-state index in [9.17, 15) is 8.42 Å². The number of benzene rings is 1. The molecule has 0 unspecified atom stereocenters. The van der Waals surface area contributed by atoms with Crippen LogP contribution in [0, 0.1) is 0 Å². The van der Waals surface area contributed by atoms with E-state index in [0.717, 1.165) is 0 Å². The summed E-state index contributed by atoms with van der Waals surface area (Å²) < 4.78 is 29.6. The first-order valence-corrected chi connectivity index (χ1v) is 7.63. The number of hydrogen-bond donors (Lipinski definition) is 2. The Bertz CT molecular complexity index is 760. The first kappa shape index (κ1) is 15.2. The second kappa shape index (κ2) is 5.66. The molecule has 2 rings (SSSR count). The Morgan fingerprint density at radius 3 is 2.43 bits per heavy atom. The molecule has 112 valence electrons. The Hall–Kier alpha value is -2.19. The van der Waals surface area contributed by atoms with Crippen molar-refractivity contribution in [1.29, 1.82) is 0 Å². The molecule has 1 heterocycles. The molecule has 2 aromatic rings. The van der Waals surface area contributed by atoms with Crippen LogP contribution < -0.4 is 11.5 Å². The summed E-state index contributed by atoms with van der Waals surface area (Å²) in [6, 6.07) is 6.36. The van der Waals surface area contributed by atoms with Gasteiger partial charge in [0.1, 0.15) is 10.7 Å². The first-order chi connectivity index (χ1) is 9.81. The second-order valence-corrected chi connectivity index (χ2v) is 6.16. The maximum Gasteiger partial charge on any atom is 0.297 e. The van der Waals surface area contributed by atoms with Crippen molar-refractivity contribution < 1.29 is 12.6 Å². The molecular formula is C13H16N4O3S. The van der Waals surface area contributed by atoms with Gasteiger partial charge in [0.15, 0.2) is 0 Å². The highest BCUT2D eigenvalue weighted by Crippen LogP contribution is 2.31. The van der Waals surface area contributed by atoms with E-state index in [2.05, 4.69) is 9.97 Å². The van der Waals surface area contributed by atoms with Crippen molar-refractivity contribution in [2.75, 3.05) is 11.5 Å². The van der Waals surface area contributed by atoms with E-state index in [0.29, 0.717) is 11.1 Å². The van der Waals surface area contributed by atoms with Gasteiger partial charge in [-0.15, -0.1) is 0 Å². The highest BCUT2D eigenvalue weighted by Gasteiger charge is 2.22. The Kier molecular flexibility index (Phi) is 4.10. The molecule has 0 aliphatic heterocycles. The first-order valence-electron chi connectivity index (χ1n) is 6.22. The zero-order valence-corrected chi connectivity index (χ0v) is 12.5. The number of nitrogen functional groups attached to an aromatic ring is 2. The molecule has 0 bridgehead atoms. The monoisotopic (exact) mass is 308 g/mol. The minimum absolute atomic E-state index is 0.0128. The van der Waals surface area contributed by atoms with Crippen LogP contribution in [0.25, 0.3) is 11.1 Å². The highest BCUT2D eigenvalue weighted by atomic mass is 32.2. The fraction of sp³-hybridized carbons (Fsp3) is 0.231. The van der Waals surface area contributed by atoms with Crippen LogP contribution in [0.1, 0.15) is 13.8 Å². The summed E-state index contributed by atoms with van der Waals surface area (Å²) in [4.78, 5) is 7.71. The van der Waals surface area contributed by atoms with Gasteiger partial charge in [-0.05, 0) is 19.9 Å². The number of anilines is 2. The summed E-state index contributed by atoms with van der Waals surface area (Å²) >= 11 is 0. The van der Waals surface area contributed by atoms with Crippen LogP contribution in [0.15, 0.2) is 35.4 Å². The Balaban J connectivity index is 2.62. The average molecular weight is 308 g/mol. The third kappa shape index (κ3) is 3.29. The van der Waals surface area contributed by atoms with Crippen molar-refractivity contribution >= 4 is 21.9 Å². The molecule has 0 aliphatic carbocycles. The minimum atomic E-state index is -3.91. The fourth-order valence-electron chi connectivity index (χ4n) is 1.83. The average Bonchev–Trinajstić information content (AvgIpc) is 2.37. The molecule has 7 nitrogen and oxygen atoms in total. The summed E-state index contributed by atoms with van der Waals surface area (Å²) in [5.41, 5.74) is 12.0. The molecule has 0 aliphatic rings. The zero-order valence-electron chi connectivity index (χ0n) is 11.6. The van der Waals surface area contributed by atoms with Crippen LogP contribution in [-0.4, -0.2) is 24.5 Å². The SMILES string of the molecule is CC(C)OS(=O)(=O)c1ccccc1-c1cnc(N)nc1N. The van der Waals surface area contributed by atoms with Crippen molar-refractivity contribution in [3.63, 3.8) is 0 Å². The maximum atomic E-state index is 12.3. The standard InChI is InChI=1S/C13H16N4O3S/c1-8(2)20-21(18,19)11-6-4-3-5-9(11)10-7-16-13(15)17-12(10)14/h3-8H,1-2H3,(H4,14,15,16,17). The molecule has 21 heavy (non-hydrogen) atoms. The quantitative estimate of drug-likeness (QED) is 0.819. The summed E-state index contributed by atoms with van der Waals surface area (Å²) in [6.07, 6.45) is 0.921. The predicted molar refractivity (Wildman–Crippen MR) is 79.7 cm³/mol. The lowest BCUT2D eigenvalue weighted by Gasteiger charge is -2.13. The summed E-state index contributed by atoms with van der Waals surface area (Å²) in [7, 11) is -3.91. The molecule has 1 aromatic heterocycles. The van der Waals surface area contributed by atoms with Gasteiger partial charge in [-0.2, -0.15) is 13.4 Å². The lowest BCUT2D eigenvalue weighted by atomic mass is 10.1. The van der Waals surface area contributed by atoms with Crippen molar-refractivity contribution in [3.8, 4) is 11.1 Å². The highest BCUT2D eigenvalue weighted by molar-refractivity contribution is 7.87. The van der Waals surface area contributed by atoms with Crippen molar-refractivity contribution in [1.82, 2.24) is 9.97 Å². The molecule has 0 atom stereocenters. The van der Waals surface area contributed by atoms with Crippen LogP contribution in [0.3, 0.4) is 0 Å². The van der Waals surface area contributed by atoms with E-state index >= 15 is 0 Å². The van der Waals surface area contributed by atoms with E-state index < -0.39 is 16.2 Å². The second-order valence-electron chi connectivity index (χ2n) is 4.62. The smallest absolute Gasteiger partial charge is 0.297 e. The number of nitrogens with two attached hydrogens (primary N) is 2. The van der Waals surface area contributed by atoms with Crippen molar-refractivity contribution in [2.24, 2.45) is 0 Å². The van der Waals surface area contributed by atoms with Crippen LogP contribution in [0.5, 0.6) is 0 Å². The van der Waals surface area contributed by atoms with Crippen LogP contribution in [0.4, 0.5) is 11.8 Å². The van der Waals surface area contributed by atoms with Gasteiger partial charge in [0.2, 0.25) is 5.95 Å². The summed E-state index contributed by atoms with van der Waals surface area (Å²) in [5.74, 6) is 0.129. The topological polar surface area (TPSA) is 121 Å². The molecule has 0 amide bonds. The minimum Gasteiger partial charge on any atom is -0.383 e. The Morgan fingerprint density at radius 2 is 1.81 bits per heavy atom. The predicted octanol–water partition coefficient (Wildman–Crippen LogP) is 1.42. The Labute approximate surface area is 123 Å². The summed E-state index contributed by atoms with van der Waals surface area (Å²) in [5, 5.41) is 0. The maximum absolute atomic E-state index is 12.3. The third-order valence-corrected chi connectivity index (χ3v) is 4.14. The van der Waals surface area contributed by atoms with E-state index in [4.69, 9.17) is 15.7 Å². The van der Waals surface area contributed by atoms with Gasteiger partial charge in [0, 0.05) is 17.3 Å². The molecule has 0 fully saturated rings. The zero-order chi connectivity index (χ0) is 15.6. The van der Waals surface area contributed by atoms with Gasteiger partial charge in [-0.1, -0.05) is 18.2 Å². The van der Waals surface area contributed by atoms with E-state index in [1.807, 2.05) is 0 Å². The molecular weight excluding hydrogens is 292 g/mol. The van der Waals surface area contributed by atoms with Gasteiger partial charge in [0.25, 0.3) is 10.1 Å². The van der Waals surface area contributed by atoms with Gasteiger partial charge < -0.3 is 11.5 Å². The number of aromatic nitrogens is 2. The van der Waals surface area contributed by atoms with Crippen LogP contribution >= 0.6 is 0 Å². The van der Waals surface area contributed by atoms with Gasteiger partial charge >= 0.3 is 0 Å². The lowest BCUT2D eigenvalue weighted by molar-refractivity contribution is 0.249. The van der Waals surface area contributed by atoms with E-state index in [1.54, 1.807) is 32.0 Å². The summed E-state index contributed by atoms with van der Waals surface area (Å²) in [6.45, 7) is 3.28. The van der Waals surface area contributed by atoms with E-state index in [-0.39, 0.29) is 16.7 Å². The largest absolute Gasteiger partial charge is 0.383 e. The van der Waals surface area contributed by atoms with Gasteiger partial charge in [-0.3, -0.25) is 4.18 Å². The molecule has 0 spiro atoms. The fourth-order valence-corrected chi connectivity index (χ4v) is 3.13. The number of nitrogens with zero attached hydrogens (tertiary/aromatic N) is 2. The Morgan fingerprint density at radius 1 is 1.14 bits per heavy atom. The van der Waals surface area contributed by atoms with Crippen LogP contribution in [-0.2, 0) is 14.3 Å². The molecule has 0 saturated heterocycles. The molecule has 4 N–H and O–H groups in total. The normalized spacial score (nSPS) is 11.8. The third-order valence-electron chi connectivity index (χ3n) is 2.60. The van der Waals surface area contributed by atoms with Gasteiger partial charge in [-0.25, -0.2) is 4.98 Å². The molecule has 8 heteroatoms. The van der Waals surface area contributed by atoms with E-state index in [1.165, 1.54) is 12.3 Å². The van der Waals surface area contributed by atoms with Gasteiger partial charge in [0.05, 0.1) is 6.10 Å². The van der Waals surface area contributed by atoms with Crippen LogP contribution in [0.2, 0.25) is 0 Å². The molecule has 0 radical (unpaired) electrons. The lowest BCUT2D eigenvalue weighted by Crippen LogP contribution is -2.13.